The topological polar surface area (TPSA) is 72.2 Å². The van der Waals surface area contributed by atoms with Crippen molar-refractivity contribution in [2.45, 2.75) is 44.9 Å². The fourth-order valence-corrected chi connectivity index (χ4v) is 5.56. The Balaban J connectivity index is 1.46. The van der Waals surface area contributed by atoms with Gasteiger partial charge in [0.2, 0.25) is 11.8 Å². The molecule has 5 rings (SSSR count). The fourth-order valence-electron chi connectivity index (χ4n) is 5.56. The zero-order chi connectivity index (χ0) is 16.0. The maximum Gasteiger partial charge on any atom is 0.230 e. The first-order chi connectivity index (χ1) is 11.0. The second-order valence-electron chi connectivity index (χ2n) is 7.99. The lowest BCUT2D eigenvalue weighted by Crippen LogP contribution is -2.51. The number of hydrogen-bond acceptors (Lipinski definition) is 2. The molecule has 4 heteroatoms. The van der Waals surface area contributed by atoms with E-state index in [0.29, 0.717) is 0 Å². The van der Waals surface area contributed by atoms with Gasteiger partial charge in [-0.05, 0) is 74.0 Å². The van der Waals surface area contributed by atoms with E-state index in [0.717, 1.165) is 48.3 Å². The molecule has 0 saturated heterocycles. The van der Waals surface area contributed by atoms with E-state index in [1.165, 1.54) is 19.3 Å². The third kappa shape index (κ3) is 2.75. The molecule has 1 aromatic rings. The van der Waals surface area contributed by atoms with Crippen molar-refractivity contribution in [1.82, 2.24) is 0 Å². The first-order valence-corrected chi connectivity index (χ1v) is 8.71. The Morgan fingerprint density at radius 2 is 1.52 bits per heavy atom. The van der Waals surface area contributed by atoms with Crippen molar-refractivity contribution in [2.75, 3.05) is 5.32 Å². The maximum absolute atomic E-state index is 12.9. The minimum absolute atomic E-state index is 0.124. The molecule has 4 nitrogen and oxygen atoms in total. The molecule has 4 saturated carbocycles. The first-order valence-electron chi connectivity index (χ1n) is 8.71. The molecule has 0 radical (unpaired) electrons. The number of nitrogens with one attached hydrogen (secondary N) is 1. The average Bonchev–Trinajstić information content (AvgIpc) is 2.47. The van der Waals surface area contributed by atoms with Crippen LogP contribution in [0.25, 0.3) is 0 Å². The van der Waals surface area contributed by atoms with Crippen molar-refractivity contribution in [3.63, 3.8) is 0 Å². The van der Waals surface area contributed by atoms with E-state index in [-0.39, 0.29) is 23.7 Å². The highest BCUT2D eigenvalue weighted by Gasteiger charge is 2.54. The third-order valence-electron chi connectivity index (χ3n) is 6.11. The molecule has 2 amide bonds. The number of carbonyl (C=O) groups excluding carboxylic acids is 2. The van der Waals surface area contributed by atoms with E-state index >= 15 is 0 Å². The van der Waals surface area contributed by atoms with Gasteiger partial charge in [0.1, 0.15) is 0 Å². The number of anilines is 1. The average molecular weight is 312 g/mol. The van der Waals surface area contributed by atoms with E-state index in [9.17, 15) is 9.59 Å². The summed E-state index contributed by atoms with van der Waals surface area (Å²) >= 11 is 0. The quantitative estimate of drug-likeness (QED) is 0.897. The molecule has 0 aliphatic heterocycles. The van der Waals surface area contributed by atoms with Gasteiger partial charge in [-0.1, -0.05) is 12.1 Å². The lowest BCUT2D eigenvalue weighted by Gasteiger charge is -2.55. The van der Waals surface area contributed by atoms with Gasteiger partial charge >= 0.3 is 0 Å². The standard InChI is InChI=1S/C19H24N2O2/c20-17(22)8-12-1-3-16(4-2-12)21-18(23)19-9-13-5-14(10-19)7-15(6-13)11-19/h1-4,13-15H,5-11H2,(H2,20,22)(H,21,23). The summed E-state index contributed by atoms with van der Waals surface area (Å²) in [6.07, 6.45) is 7.49. The van der Waals surface area contributed by atoms with Crippen LogP contribution in [0.3, 0.4) is 0 Å². The van der Waals surface area contributed by atoms with Crippen LogP contribution in [0.4, 0.5) is 5.69 Å². The van der Waals surface area contributed by atoms with Gasteiger partial charge < -0.3 is 11.1 Å². The van der Waals surface area contributed by atoms with Crippen LogP contribution >= 0.6 is 0 Å². The zero-order valence-corrected chi connectivity index (χ0v) is 13.4. The Bertz CT molecular complexity index is 600. The lowest BCUT2D eigenvalue weighted by atomic mass is 9.49. The van der Waals surface area contributed by atoms with Crippen molar-refractivity contribution in [3.05, 3.63) is 29.8 Å². The van der Waals surface area contributed by atoms with Crippen LogP contribution in [0.5, 0.6) is 0 Å². The molecule has 4 bridgehead atoms. The van der Waals surface area contributed by atoms with Crippen molar-refractivity contribution in [1.29, 1.82) is 0 Å². The van der Waals surface area contributed by atoms with Gasteiger partial charge in [-0.15, -0.1) is 0 Å². The van der Waals surface area contributed by atoms with Crippen LogP contribution in [0.15, 0.2) is 24.3 Å². The Morgan fingerprint density at radius 1 is 1.00 bits per heavy atom. The van der Waals surface area contributed by atoms with Gasteiger partial charge in [0.15, 0.2) is 0 Å². The Hall–Kier alpha value is -1.84. The van der Waals surface area contributed by atoms with E-state index < -0.39 is 0 Å². The third-order valence-corrected chi connectivity index (χ3v) is 6.11. The molecular formula is C19H24N2O2. The smallest absolute Gasteiger partial charge is 0.230 e. The van der Waals surface area contributed by atoms with Gasteiger partial charge in [-0.25, -0.2) is 0 Å². The minimum atomic E-state index is -0.338. The highest BCUT2D eigenvalue weighted by molar-refractivity contribution is 5.95. The molecule has 23 heavy (non-hydrogen) atoms. The van der Waals surface area contributed by atoms with E-state index in [1.807, 2.05) is 24.3 Å². The van der Waals surface area contributed by atoms with Crippen LogP contribution < -0.4 is 11.1 Å². The number of benzene rings is 1. The van der Waals surface area contributed by atoms with Crippen LogP contribution in [0.1, 0.15) is 44.1 Å². The summed E-state index contributed by atoms with van der Waals surface area (Å²) < 4.78 is 0. The molecule has 4 aliphatic rings. The van der Waals surface area contributed by atoms with Gasteiger partial charge in [-0.3, -0.25) is 9.59 Å². The summed E-state index contributed by atoms with van der Waals surface area (Å²) in [4.78, 5) is 23.9. The van der Waals surface area contributed by atoms with Crippen LogP contribution in [-0.4, -0.2) is 11.8 Å². The molecule has 0 heterocycles. The summed E-state index contributed by atoms with van der Waals surface area (Å²) in [6, 6.07) is 7.47. The Morgan fingerprint density at radius 3 is 2.00 bits per heavy atom. The zero-order valence-electron chi connectivity index (χ0n) is 13.4. The Kier molecular flexibility index (Phi) is 3.43. The van der Waals surface area contributed by atoms with Gasteiger partial charge in [0.05, 0.1) is 11.8 Å². The van der Waals surface area contributed by atoms with E-state index in [2.05, 4.69) is 5.32 Å². The monoisotopic (exact) mass is 312 g/mol. The molecule has 1 aromatic carbocycles. The summed E-state index contributed by atoms with van der Waals surface area (Å²) in [5.41, 5.74) is 6.78. The number of amides is 2. The number of carbonyl (C=O) groups is 2. The van der Waals surface area contributed by atoms with Crippen LogP contribution in [0.2, 0.25) is 0 Å². The second-order valence-corrected chi connectivity index (χ2v) is 7.99. The molecule has 4 fully saturated rings. The molecule has 0 atom stereocenters. The number of nitrogens with two attached hydrogens (primary N) is 1. The highest BCUT2D eigenvalue weighted by Crippen LogP contribution is 2.60. The number of hydrogen-bond donors (Lipinski definition) is 2. The van der Waals surface area contributed by atoms with Crippen molar-refractivity contribution in [3.8, 4) is 0 Å². The van der Waals surface area contributed by atoms with Gasteiger partial charge in [0, 0.05) is 5.69 Å². The highest BCUT2D eigenvalue weighted by atomic mass is 16.2. The lowest BCUT2D eigenvalue weighted by molar-refractivity contribution is -0.140. The van der Waals surface area contributed by atoms with Crippen molar-refractivity contribution >= 4 is 17.5 Å². The number of rotatable bonds is 4. The van der Waals surface area contributed by atoms with E-state index in [1.54, 1.807) is 0 Å². The summed E-state index contributed by atoms with van der Waals surface area (Å²) in [7, 11) is 0. The van der Waals surface area contributed by atoms with Crippen molar-refractivity contribution in [2.24, 2.45) is 28.9 Å². The summed E-state index contributed by atoms with van der Waals surface area (Å²) in [5, 5.41) is 3.12. The molecule has 0 unspecified atom stereocenters. The SMILES string of the molecule is NC(=O)Cc1ccc(NC(=O)C23CC4CC(CC(C4)C2)C3)cc1. The molecule has 4 aliphatic carbocycles. The molecule has 122 valence electrons. The van der Waals surface area contributed by atoms with Crippen molar-refractivity contribution < 1.29 is 9.59 Å². The fraction of sp³-hybridized carbons (Fsp3) is 0.579. The molecular weight excluding hydrogens is 288 g/mol. The summed E-state index contributed by atoms with van der Waals surface area (Å²) in [5.74, 6) is 2.18. The maximum atomic E-state index is 12.9. The Labute approximate surface area is 136 Å². The van der Waals surface area contributed by atoms with Gasteiger partial charge in [0.25, 0.3) is 0 Å². The summed E-state index contributed by atoms with van der Waals surface area (Å²) in [6.45, 7) is 0. The molecule has 0 aromatic heterocycles. The molecule has 3 N–H and O–H groups in total. The largest absolute Gasteiger partial charge is 0.369 e. The predicted octanol–water partition coefficient (Wildman–Crippen LogP) is 2.87. The number of primary amides is 1. The van der Waals surface area contributed by atoms with Gasteiger partial charge in [-0.2, -0.15) is 0 Å². The minimum Gasteiger partial charge on any atom is -0.369 e. The van der Waals surface area contributed by atoms with Crippen LogP contribution in [0, 0.1) is 23.2 Å². The predicted molar refractivity (Wildman–Crippen MR) is 88.6 cm³/mol. The van der Waals surface area contributed by atoms with E-state index in [4.69, 9.17) is 5.73 Å². The normalized spacial score (nSPS) is 34.3. The first kappa shape index (κ1) is 14.7. The second kappa shape index (κ2) is 5.36. The van der Waals surface area contributed by atoms with Crippen LogP contribution in [-0.2, 0) is 16.0 Å². The molecule has 0 spiro atoms.